The summed E-state index contributed by atoms with van der Waals surface area (Å²) in [6.07, 6.45) is 18.3. The predicted octanol–water partition coefficient (Wildman–Crippen LogP) is 7.82. The highest BCUT2D eigenvalue weighted by Gasteiger charge is 2.45. The van der Waals surface area contributed by atoms with E-state index in [-0.39, 0.29) is 55.6 Å². The van der Waals surface area contributed by atoms with Crippen LogP contribution in [0.15, 0.2) is 138 Å². The average Bonchev–Trinajstić information content (AvgIpc) is 1.55. The molecule has 0 amide bonds. The highest BCUT2D eigenvalue weighted by molar-refractivity contribution is 7.84. The van der Waals surface area contributed by atoms with E-state index in [2.05, 4.69) is 138 Å². The molecule has 11 atom stereocenters. The Morgan fingerprint density at radius 3 is 0.862 bits per heavy atom. The van der Waals surface area contributed by atoms with Crippen LogP contribution in [0.25, 0.3) is 0 Å². The molecule has 19 rings (SSSR count). The molecule has 37 heteroatoms. The van der Waals surface area contributed by atoms with Gasteiger partial charge in [-0.25, -0.2) is 8.78 Å². The van der Waals surface area contributed by atoms with Gasteiger partial charge in [-0.1, -0.05) is 94.9 Å². The summed E-state index contributed by atoms with van der Waals surface area (Å²) in [6, 6.07) is 35.7. The Bertz CT molecular complexity index is 4490. The number of ether oxygens (including phenoxy) is 4. The van der Waals surface area contributed by atoms with E-state index in [1.807, 2.05) is 53.4 Å². The van der Waals surface area contributed by atoms with Crippen LogP contribution in [0.3, 0.4) is 0 Å². The molecule has 0 spiro atoms. The number of aliphatic hydroxyl groups is 2. The second kappa shape index (κ2) is 45.8. The number of amidine groups is 8. The maximum absolute atomic E-state index is 13.7. The number of piperidine rings is 4. The number of nitrogens with zero attached hydrogens (tertiary/aromatic N) is 19. The highest BCUT2D eigenvalue weighted by Crippen LogP contribution is 2.35. The number of β-amino-alcohol motifs (C(OH)–C–C–N with tert-alkyl or cyclic N) is 2. The van der Waals surface area contributed by atoms with Gasteiger partial charge in [0.2, 0.25) is 0 Å². The number of nitrogens with two attached hydrogens (primary N) is 4. The van der Waals surface area contributed by atoms with E-state index in [1.54, 1.807) is 6.26 Å². The molecule has 0 radical (unpaired) electrons. The first-order valence-corrected chi connectivity index (χ1v) is 50.4. The van der Waals surface area contributed by atoms with Gasteiger partial charge in [-0.2, -0.15) is 0 Å². The average molecular weight is 1900 g/mol. The second-order valence-electron chi connectivity index (χ2n) is 38.0. The fourth-order valence-electron chi connectivity index (χ4n) is 21.6. The Hall–Kier alpha value is -6.71. The van der Waals surface area contributed by atoms with E-state index in [0.29, 0.717) is 123 Å². The van der Waals surface area contributed by atoms with Crippen LogP contribution >= 0.6 is 46.4 Å². The summed E-state index contributed by atoms with van der Waals surface area (Å²) in [4.78, 5) is 26.4. The van der Waals surface area contributed by atoms with Crippen LogP contribution in [-0.2, 0) is 55.4 Å². The number of alkyl halides is 2. The number of hydrogen-bond donors (Lipinski definition) is 6. The van der Waals surface area contributed by atoms with Crippen molar-refractivity contribution in [3.8, 4) is 0 Å². The Kier molecular flexibility index (Phi) is 33.9. The quantitative estimate of drug-likeness (QED) is 0.0491. The van der Waals surface area contributed by atoms with Gasteiger partial charge in [0.1, 0.15) is 46.7 Å². The molecular formula is C93H133Cl4F2N23O7S. The van der Waals surface area contributed by atoms with E-state index >= 15 is 0 Å². The van der Waals surface area contributed by atoms with Crippen molar-refractivity contribution >= 4 is 104 Å². The number of likely N-dealkylation sites (tertiary alicyclic amines) is 7. The summed E-state index contributed by atoms with van der Waals surface area (Å²) in [6.45, 7) is 20.0. The first kappa shape index (κ1) is 96.4. The monoisotopic (exact) mass is 1890 g/mol. The van der Waals surface area contributed by atoms with Crippen molar-refractivity contribution in [1.82, 2.24) is 53.9 Å². The van der Waals surface area contributed by atoms with Crippen LogP contribution in [-0.4, -0.2) is 382 Å². The lowest BCUT2D eigenvalue weighted by atomic mass is 9.96. The van der Waals surface area contributed by atoms with Crippen molar-refractivity contribution in [2.45, 2.75) is 213 Å². The molecule has 0 saturated carbocycles. The third-order valence-electron chi connectivity index (χ3n) is 28.4. The second-order valence-corrected chi connectivity index (χ2v) is 41.3. The first-order valence-electron chi connectivity index (χ1n) is 47.1. The zero-order chi connectivity index (χ0) is 90.4. The van der Waals surface area contributed by atoms with Crippen LogP contribution in [0.1, 0.15) is 119 Å². The lowest BCUT2D eigenvalue weighted by Crippen LogP contribution is -2.59. The molecule has 10 N–H and O–H groups in total. The minimum Gasteiger partial charge on any atom is -0.392 e. The normalized spacial score (nSPS) is 29.0. The third-order valence-corrected chi connectivity index (χ3v) is 30.3. The smallest absolute Gasteiger partial charge is 0.261 e. The Labute approximate surface area is 786 Å². The lowest BCUT2D eigenvalue weighted by Gasteiger charge is -2.47. The van der Waals surface area contributed by atoms with E-state index in [1.165, 1.54) is 22.3 Å². The lowest BCUT2D eigenvalue weighted by molar-refractivity contribution is -0.0944. The van der Waals surface area contributed by atoms with E-state index in [9.17, 15) is 23.2 Å². The van der Waals surface area contributed by atoms with Crippen molar-refractivity contribution < 1.29 is 42.2 Å². The zero-order valence-corrected chi connectivity index (χ0v) is 78.9. The van der Waals surface area contributed by atoms with Crippen molar-refractivity contribution in [3.63, 3.8) is 0 Å². The molecule has 11 saturated heterocycles. The number of halogens is 6. The summed E-state index contributed by atoms with van der Waals surface area (Å²) in [5, 5.41) is 55.8. The van der Waals surface area contributed by atoms with Crippen LogP contribution in [0.4, 0.5) is 8.78 Å². The molecule has 1 unspecified atom stereocenters. The number of aliphatic hydroxyl groups excluding tert-OH is 2. The zero-order valence-electron chi connectivity index (χ0n) is 75.1. The number of rotatable bonds is 20. The molecule has 11 fully saturated rings. The molecule has 15 heterocycles. The van der Waals surface area contributed by atoms with Gasteiger partial charge >= 0.3 is 0 Å². The van der Waals surface area contributed by atoms with Gasteiger partial charge in [0, 0.05) is 223 Å². The van der Waals surface area contributed by atoms with Gasteiger partial charge in [-0.3, -0.25) is 38.5 Å². The Morgan fingerprint density at radius 1 is 0.369 bits per heavy atom. The molecule has 4 aromatic carbocycles. The summed E-state index contributed by atoms with van der Waals surface area (Å²) in [5.74, 6) is 4.38. The molecule has 4 aromatic rings. The maximum Gasteiger partial charge on any atom is 0.261 e. The van der Waals surface area contributed by atoms with Gasteiger partial charge in [0.25, 0.3) is 5.92 Å². The number of hydrogen-bond acceptors (Lipinski definition) is 30. The topological polar surface area (TPSA) is 333 Å². The minimum absolute atomic E-state index is 0.0303. The SMILES string of the molecule is CS(=O)C[C@H]1CN(C2CCN(C3=NN=C(N)C3)CC2)[C@@H](Cc2ccc(Cl)cc2)CO1.NC1=NN=C(N2CCC(N3C[C@H](CN4CCC(F)(F)C4)OC[C@@H]3Cc3ccc(Cl)cc3)CC2)C1.NC1=NN=C(N2CCC(N3C[C@H](CN4CC[C@@H](O)C4)OC[C@@H]3Cc3ccc(Cl)cc3)CC2)C1.NC1=NN=C(N2CCC(N3C[C@H](CN4CC[C@H](O)C4)OC[C@@H]3Cc3ccc(Cl)cc3)CC2)C1. The third kappa shape index (κ3) is 27.1. The summed E-state index contributed by atoms with van der Waals surface area (Å²) in [5.41, 5.74) is 28.3. The van der Waals surface area contributed by atoms with Crippen molar-refractivity contribution in [2.75, 3.05) is 176 Å². The molecule has 710 valence electrons. The summed E-state index contributed by atoms with van der Waals surface area (Å²) in [7, 11) is -0.861. The molecule has 0 aliphatic carbocycles. The molecule has 15 aliphatic rings. The summed E-state index contributed by atoms with van der Waals surface area (Å²) < 4.78 is 64.3. The van der Waals surface area contributed by atoms with Gasteiger partial charge in [0.05, 0.1) is 101 Å². The highest BCUT2D eigenvalue weighted by atomic mass is 35.5. The molecular weight excluding hydrogens is 1760 g/mol. The van der Waals surface area contributed by atoms with Gasteiger partial charge in [-0.15, -0.1) is 40.8 Å². The van der Waals surface area contributed by atoms with Crippen molar-refractivity contribution in [2.24, 2.45) is 63.7 Å². The Morgan fingerprint density at radius 2 is 0.631 bits per heavy atom. The molecule has 30 nitrogen and oxygen atoms in total. The largest absolute Gasteiger partial charge is 0.392 e. The van der Waals surface area contributed by atoms with E-state index < -0.39 is 16.7 Å². The number of morpholine rings is 4. The predicted molar refractivity (Wildman–Crippen MR) is 514 cm³/mol. The molecule has 0 bridgehead atoms. The molecule has 15 aliphatic heterocycles. The van der Waals surface area contributed by atoms with E-state index in [0.717, 1.165) is 264 Å². The van der Waals surface area contributed by atoms with Gasteiger partial charge in [0.15, 0.2) is 0 Å². The first-order chi connectivity index (χ1) is 62.9. The molecule has 0 aromatic heterocycles. The van der Waals surface area contributed by atoms with E-state index in [4.69, 9.17) is 88.3 Å². The fourth-order valence-corrected chi connectivity index (χ4v) is 22.8. The van der Waals surface area contributed by atoms with Crippen molar-refractivity contribution in [3.05, 3.63) is 139 Å². The van der Waals surface area contributed by atoms with Crippen LogP contribution < -0.4 is 22.9 Å². The standard InChI is InChI=1S/C24H33ClF2N6O.2C24H35ClN6O2.C21H30ClN5O2S/c25-18-3-1-17(2-4-18)11-20-15-34-21(13-31-10-7-24(26,27)16-31)14-33(20)19-5-8-32(9-6-19)23-12-22(28)29-30-23;2*25-18-3-1-17(2-4-18)11-20-16-33-22(14-29-8-7-21(32)13-29)15-31(20)19-5-9-30(10-6-19)24-12-23(26)27-28-24;1-30(28)14-19-12-27(18(13-29-19)10-15-2-4-16(22)5-3-15)17-6-8-26(9-7-17)21-11-20(23)24-25-21/h1-4,19-21H,5-16H2,(H2,28,29);2*1-4,19-22,32H,5-16H2,(H2,26,27);2-5,17-19H,6-14H2,1H3,(H2,23,24)/t20-,21-;20-,21+,22-;20-,21-,22-;18-,19+,30?/m0000/s1. The Balaban J connectivity index is 0.000000127. The fraction of sp³-hybridized carbons (Fsp3) is 0.656. The number of benzene rings is 4. The maximum atomic E-state index is 13.7. The minimum atomic E-state index is -2.58. The van der Waals surface area contributed by atoms with Crippen LogP contribution in [0.2, 0.25) is 20.1 Å². The summed E-state index contributed by atoms with van der Waals surface area (Å²) >= 11 is 24.3. The molecule has 130 heavy (non-hydrogen) atoms. The van der Waals surface area contributed by atoms with Crippen molar-refractivity contribution in [1.29, 1.82) is 0 Å². The van der Waals surface area contributed by atoms with Crippen LogP contribution in [0.5, 0.6) is 0 Å². The van der Waals surface area contributed by atoms with Gasteiger partial charge in [-0.05, 0) is 161 Å². The van der Waals surface area contributed by atoms with Gasteiger partial charge < -0.3 is 71.7 Å². The van der Waals surface area contributed by atoms with Crippen LogP contribution in [0, 0.1) is 0 Å².